The average molecular weight is 508 g/mol. The maximum absolute atomic E-state index is 14.9. The van der Waals surface area contributed by atoms with Gasteiger partial charge in [-0.2, -0.15) is 0 Å². The molecule has 0 saturated heterocycles. The van der Waals surface area contributed by atoms with Gasteiger partial charge in [-0.3, -0.25) is 9.69 Å². The van der Waals surface area contributed by atoms with Crippen molar-refractivity contribution in [2.24, 2.45) is 0 Å². The largest absolute Gasteiger partial charge is 0.466 e. The highest BCUT2D eigenvalue weighted by molar-refractivity contribution is 6.04. The van der Waals surface area contributed by atoms with Crippen molar-refractivity contribution in [3.05, 3.63) is 93.1 Å². The number of aliphatic hydroxyl groups excluding tert-OH is 1. The minimum absolute atomic E-state index is 0.0211. The summed E-state index contributed by atoms with van der Waals surface area (Å²) in [6.07, 6.45) is -0.960. The van der Waals surface area contributed by atoms with E-state index in [9.17, 15) is 36.6 Å². The molecule has 0 saturated carbocycles. The normalized spacial score (nSPS) is 19.2. The number of dihydropyridines is 1. The van der Waals surface area contributed by atoms with Crippen LogP contribution < -0.4 is 5.32 Å². The number of rotatable bonds is 5. The van der Waals surface area contributed by atoms with E-state index in [4.69, 9.17) is 4.74 Å². The Morgan fingerprint density at radius 2 is 1.64 bits per heavy atom. The van der Waals surface area contributed by atoms with E-state index in [-0.39, 0.29) is 36.6 Å². The van der Waals surface area contributed by atoms with Crippen molar-refractivity contribution < 1.29 is 41.4 Å². The molecule has 2 atom stereocenters. The summed E-state index contributed by atoms with van der Waals surface area (Å²) in [6.45, 7) is 1.03. The number of nitrogens with zero attached hydrogens (tertiary/aromatic N) is 1. The van der Waals surface area contributed by atoms with E-state index in [2.05, 4.69) is 5.32 Å². The maximum Gasteiger partial charge on any atom is 0.336 e. The van der Waals surface area contributed by atoms with Gasteiger partial charge in [0.2, 0.25) is 5.82 Å². The molecular formula is C25H21F5N2O4. The molecule has 2 unspecified atom stereocenters. The van der Waals surface area contributed by atoms with Gasteiger partial charge < -0.3 is 15.2 Å². The van der Waals surface area contributed by atoms with Gasteiger partial charge in [0.15, 0.2) is 29.1 Å². The second-order valence-electron chi connectivity index (χ2n) is 8.48. The molecule has 4 rings (SSSR count). The lowest BCUT2D eigenvalue weighted by Gasteiger charge is -2.38. The second kappa shape index (κ2) is 9.82. The summed E-state index contributed by atoms with van der Waals surface area (Å²) < 4.78 is 76.4. The lowest BCUT2D eigenvalue weighted by atomic mass is 9.76. The maximum atomic E-state index is 14.9. The monoisotopic (exact) mass is 508 g/mol. The Kier molecular flexibility index (Phi) is 6.96. The molecule has 0 spiro atoms. The number of hydrogen-bond acceptors (Lipinski definition) is 6. The number of ketones is 1. The Hall–Kier alpha value is -3.57. The number of benzene rings is 2. The SMILES string of the molecule is COC(=O)C1=C(C)NC2=C(C(=O)CN(CC(O)c3ccccc3)C2)C1c1c(F)c(F)c(F)c(F)c1F. The fourth-order valence-electron chi connectivity index (χ4n) is 4.62. The van der Waals surface area contributed by atoms with Crippen LogP contribution in [0.4, 0.5) is 22.0 Å². The van der Waals surface area contributed by atoms with Crippen LogP contribution in [0.25, 0.3) is 0 Å². The third-order valence-corrected chi connectivity index (χ3v) is 6.25. The third-order valence-electron chi connectivity index (χ3n) is 6.25. The Morgan fingerprint density at radius 3 is 2.22 bits per heavy atom. The van der Waals surface area contributed by atoms with Crippen molar-refractivity contribution in [2.75, 3.05) is 26.7 Å². The van der Waals surface area contributed by atoms with Crippen molar-refractivity contribution in [2.45, 2.75) is 18.9 Å². The van der Waals surface area contributed by atoms with Crippen LogP contribution in [-0.4, -0.2) is 48.5 Å². The molecule has 190 valence electrons. The van der Waals surface area contributed by atoms with Gasteiger partial charge in [-0.15, -0.1) is 0 Å². The highest BCUT2D eigenvalue weighted by atomic mass is 19.2. The molecule has 0 fully saturated rings. The number of carbonyl (C=O) groups excluding carboxylic acids is 2. The zero-order valence-electron chi connectivity index (χ0n) is 19.2. The molecular weight excluding hydrogens is 487 g/mol. The minimum Gasteiger partial charge on any atom is -0.466 e. The highest BCUT2D eigenvalue weighted by Crippen LogP contribution is 2.44. The summed E-state index contributed by atoms with van der Waals surface area (Å²) in [4.78, 5) is 27.4. The van der Waals surface area contributed by atoms with Gasteiger partial charge in [0.25, 0.3) is 0 Å². The van der Waals surface area contributed by atoms with Crippen LogP contribution in [0.2, 0.25) is 0 Å². The van der Waals surface area contributed by atoms with Crippen LogP contribution in [0.5, 0.6) is 0 Å². The summed E-state index contributed by atoms with van der Waals surface area (Å²) in [7, 11) is 0.984. The number of aliphatic hydroxyl groups is 1. The molecule has 2 aromatic rings. The van der Waals surface area contributed by atoms with Crippen LogP contribution in [-0.2, 0) is 14.3 Å². The summed E-state index contributed by atoms with van der Waals surface area (Å²) in [5.74, 6) is -14.7. The van der Waals surface area contributed by atoms with Gasteiger partial charge in [0, 0.05) is 35.6 Å². The summed E-state index contributed by atoms with van der Waals surface area (Å²) >= 11 is 0. The van der Waals surface area contributed by atoms with Crippen molar-refractivity contribution in [1.29, 1.82) is 0 Å². The first-order chi connectivity index (χ1) is 17.1. The van der Waals surface area contributed by atoms with Gasteiger partial charge in [0.05, 0.1) is 31.2 Å². The Bertz CT molecular complexity index is 1280. The van der Waals surface area contributed by atoms with E-state index < -0.39 is 64.0 Å². The number of carbonyl (C=O) groups is 2. The number of β-amino-alcohol motifs (C(OH)–C–C–N with tert-alkyl or cyclic N) is 1. The summed E-state index contributed by atoms with van der Waals surface area (Å²) in [6, 6.07) is 8.65. The first kappa shape index (κ1) is 25.5. The van der Waals surface area contributed by atoms with Gasteiger partial charge in [-0.05, 0) is 12.5 Å². The summed E-state index contributed by atoms with van der Waals surface area (Å²) in [5, 5.41) is 13.4. The Balaban J connectivity index is 1.81. The van der Waals surface area contributed by atoms with Crippen molar-refractivity contribution in [3.8, 4) is 0 Å². The second-order valence-corrected chi connectivity index (χ2v) is 8.48. The van der Waals surface area contributed by atoms with Gasteiger partial charge in [-0.1, -0.05) is 30.3 Å². The number of hydrogen-bond donors (Lipinski definition) is 2. The van der Waals surface area contributed by atoms with Gasteiger partial charge in [0.1, 0.15) is 0 Å². The van der Waals surface area contributed by atoms with Crippen LogP contribution in [0.1, 0.15) is 30.1 Å². The van der Waals surface area contributed by atoms with Gasteiger partial charge >= 0.3 is 5.97 Å². The van der Waals surface area contributed by atoms with Crippen molar-refractivity contribution >= 4 is 11.8 Å². The van der Waals surface area contributed by atoms with Crippen LogP contribution in [0, 0.1) is 29.1 Å². The van der Waals surface area contributed by atoms with Crippen LogP contribution in [0.15, 0.2) is 52.9 Å². The molecule has 0 aliphatic carbocycles. The molecule has 2 N–H and O–H groups in total. The topological polar surface area (TPSA) is 78.9 Å². The standard InChI is InChI=1S/C25H21F5N2O4/c1-11-16(25(35)36-2)18(19-20(26)22(28)24(30)23(29)21(19)27)17-13(31-11)8-32(10-15(17)34)9-14(33)12-6-4-3-5-7-12/h3-7,14,18,31,33H,8-10H2,1-2H3. The molecule has 2 aliphatic rings. The van der Waals surface area contributed by atoms with Gasteiger partial charge in [-0.25, -0.2) is 26.7 Å². The average Bonchev–Trinajstić information content (AvgIpc) is 2.86. The Labute approximate surface area is 202 Å². The molecule has 0 aromatic heterocycles. The number of nitrogens with one attached hydrogen (secondary N) is 1. The first-order valence-corrected chi connectivity index (χ1v) is 10.9. The predicted octanol–water partition coefficient (Wildman–Crippen LogP) is 3.39. The zero-order chi connectivity index (χ0) is 26.3. The zero-order valence-corrected chi connectivity index (χ0v) is 19.2. The predicted molar refractivity (Wildman–Crippen MR) is 117 cm³/mol. The number of Topliss-reactive ketones (excluding diaryl/α,β-unsaturated/α-hetero) is 1. The Morgan fingerprint density at radius 1 is 1.06 bits per heavy atom. The van der Waals surface area contributed by atoms with E-state index in [1.165, 1.54) is 6.92 Å². The lowest BCUT2D eigenvalue weighted by molar-refractivity contribution is -0.136. The number of halogens is 5. The third kappa shape index (κ3) is 4.28. The summed E-state index contributed by atoms with van der Waals surface area (Å²) in [5.41, 5.74) is -1.34. The highest BCUT2D eigenvalue weighted by Gasteiger charge is 2.44. The van der Waals surface area contributed by atoms with Crippen molar-refractivity contribution in [1.82, 2.24) is 10.2 Å². The van der Waals surface area contributed by atoms with E-state index in [1.807, 2.05) is 0 Å². The number of ether oxygens (including phenoxy) is 1. The number of allylic oxidation sites excluding steroid dienone is 1. The molecule has 2 aliphatic heterocycles. The van der Waals surface area contributed by atoms with E-state index >= 15 is 0 Å². The molecule has 0 radical (unpaired) electrons. The quantitative estimate of drug-likeness (QED) is 0.279. The fourth-order valence-corrected chi connectivity index (χ4v) is 4.62. The van der Waals surface area contributed by atoms with Crippen molar-refractivity contribution in [3.63, 3.8) is 0 Å². The molecule has 0 bridgehead atoms. The molecule has 2 heterocycles. The molecule has 6 nitrogen and oxygen atoms in total. The molecule has 36 heavy (non-hydrogen) atoms. The lowest BCUT2D eigenvalue weighted by Crippen LogP contribution is -2.46. The number of methoxy groups -OCH3 is 1. The van der Waals surface area contributed by atoms with Crippen LogP contribution in [0.3, 0.4) is 0 Å². The minimum atomic E-state index is -2.35. The number of esters is 1. The molecule has 0 amide bonds. The molecule has 11 heteroatoms. The first-order valence-electron chi connectivity index (χ1n) is 10.9. The van der Waals surface area contributed by atoms with E-state index in [0.29, 0.717) is 5.56 Å². The van der Waals surface area contributed by atoms with E-state index in [1.54, 1.807) is 35.2 Å². The smallest absolute Gasteiger partial charge is 0.336 e. The van der Waals surface area contributed by atoms with E-state index in [0.717, 1.165) is 7.11 Å². The van der Waals surface area contributed by atoms with Crippen LogP contribution >= 0.6 is 0 Å². The molecule has 2 aromatic carbocycles. The fraction of sp³-hybridized carbons (Fsp3) is 0.280.